The molecule has 0 saturated carbocycles. The fraction of sp³-hybridized carbons (Fsp3) is 0.357. The maximum atomic E-state index is 11.9. The molecule has 0 fully saturated rings. The number of amides is 1. The minimum absolute atomic E-state index is 0.145. The summed E-state index contributed by atoms with van der Waals surface area (Å²) >= 11 is 3.14. The number of methoxy groups -OCH3 is 1. The van der Waals surface area contributed by atoms with Crippen LogP contribution in [0.2, 0.25) is 0 Å². The van der Waals surface area contributed by atoms with E-state index in [1.165, 1.54) is 18.4 Å². The molecule has 2 heterocycles. The maximum absolute atomic E-state index is 11.9. The third kappa shape index (κ3) is 4.64. The Bertz CT molecular complexity index is 608. The molecular weight excluding hydrogens is 308 g/mol. The molecule has 21 heavy (non-hydrogen) atoms. The van der Waals surface area contributed by atoms with E-state index >= 15 is 0 Å². The van der Waals surface area contributed by atoms with Crippen LogP contribution in [0.1, 0.15) is 19.0 Å². The average molecular weight is 324 g/mol. The second kappa shape index (κ2) is 7.33. The van der Waals surface area contributed by atoms with E-state index in [4.69, 9.17) is 0 Å². The van der Waals surface area contributed by atoms with E-state index in [1.807, 2.05) is 22.2 Å². The normalized spacial score (nSPS) is 11.9. The van der Waals surface area contributed by atoms with Gasteiger partial charge in [0, 0.05) is 22.4 Å². The molecule has 112 valence electrons. The molecule has 0 saturated heterocycles. The predicted octanol–water partition coefficient (Wildman–Crippen LogP) is 2.48. The molecule has 0 aromatic carbocycles. The van der Waals surface area contributed by atoms with E-state index in [1.54, 1.807) is 18.3 Å². The summed E-state index contributed by atoms with van der Waals surface area (Å²) in [6.45, 7) is 1.77. The second-order valence-corrected chi connectivity index (χ2v) is 6.22. The fourth-order valence-electron chi connectivity index (χ4n) is 1.78. The average Bonchev–Trinajstić information content (AvgIpc) is 3.08. The van der Waals surface area contributed by atoms with Crippen molar-refractivity contribution in [1.82, 2.24) is 10.3 Å². The molecule has 0 bridgehead atoms. The third-order valence-corrected chi connectivity index (χ3v) is 4.39. The Morgan fingerprint density at radius 2 is 2.24 bits per heavy atom. The van der Waals surface area contributed by atoms with E-state index in [0.29, 0.717) is 0 Å². The fourth-order valence-corrected chi connectivity index (χ4v) is 3.31. The lowest BCUT2D eigenvalue weighted by molar-refractivity contribution is -0.141. The highest BCUT2D eigenvalue weighted by atomic mass is 32.1. The van der Waals surface area contributed by atoms with Crippen molar-refractivity contribution >= 4 is 34.6 Å². The Hall–Kier alpha value is -1.73. The molecule has 0 spiro atoms. The molecule has 0 aliphatic heterocycles. The van der Waals surface area contributed by atoms with E-state index < -0.39 is 0 Å². The summed E-state index contributed by atoms with van der Waals surface area (Å²) in [6, 6.07) is 1.76. The number of hydrogen-bond acceptors (Lipinski definition) is 6. The van der Waals surface area contributed by atoms with Gasteiger partial charge in [0.15, 0.2) is 0 Å². The molecule has 0 aliphatic rings. The van der Waals surface area contributed by atoms with Crippen LogP contribution in [0.15, 0.2) is 22.2 Å². The van der Waals surface area contributed by atoms with E-state index in [-0.39, 0.29) is 30.8 Å². The SMILES string of the molecule is COC(=O)CC(C)NC(=O)Cc1csc(-c2ccsc2)n1. The summed E-state index contributed by atoms with van der Waals surface area (Å²) in [4.78, 5) is 27.5. The van der Waals surface area contributed by atoms with Gasteiger partial charge in [-0.05, 0) is 18.4 Å². The monoisotopic (exact) mass is 324 g/mol. The quantitative estimate of drug-likeness (QED) is 0.829. The van der Waals surface area contributed by atoms with Crippen molar-refractivity contribution in [2.45, 2.75) is 25.8 Å². The zero-order chi connectivity index (χ0) is 15.2. The molecule has 0 radical (unpaired) electrons. The van der Waals surface area contributed by atoms with Crippen LogP contribution in [-0.2, 0) is 20.7 Å². The van der Waals surface area contributed by atoms with Crippen molar-refractivity contribution in [3.8, 4) is 10.6 Å². The summed E-state index contributed by atoms with van der Waals surface area (Å²) in [6.07, 6.45) is 0.381. The first kappa shape index (κ1) is 15.7. The summed E-state index contributed by atoms with van der Waals surface area (Å²) in [5.74, 6) is -0.482. The first-order valence-electron chi connectivity index (χ1n) is 6.41. The Balaban J connectivity index is 1.87. The van der Waals surface area contributed by atoms with Crippen molar-refractivity contribution < 1.29 is 14.3 Å². The Morgan fingerprint density at radius 1 is 1.43 bits per heavy atom. The maximum Gasteiger partial charge on any atom is 0.307 e. The van der Waals surface area contributed by atoms with Crippen LogP contribution in [0.25, 0.3) is 10.6 Å². The Kier molecular flexibility index (Phi) is 5.46. The molecule has 7 heteroatoms. The zero-order valence-electron chi connectivity index (χ0n) is 11.8. The standard InChI is InChI=1S/C14H16N2O3S2/c1-9(5-13(18)19-2)15-12(17)6-11-8-21-14(16-11)10-3-4-20-7-10/h3-4,7-9H,5-6H2,1-2H3,(H,15,17). The molecular formula is C14H16N2O3S2. The van der Waals surface area contributed by atoms with Gasteiger partial charge in [-0.1, -0.05) is 0 Å². The number of carbonyl (C=O) groups excluding carboxylic acids is 2. The van der Waals surface area contributed by atoms with Crippen molar-refractivity contribution in [3.63, 3.8) is 0 Å². The van der Waals surface area contributed by atoms with Gasteiger partial charge in [0.2, 0.25) is 5.91 Å². The molecule has 1 unspecified atom stereocenters. The molecule has 1 N–H and O–H groups in total. The first-order chi connectivity index (χ1) is 10.1. The number of rotatable bonds is 6. The number of esters is 1. The van der Waals surface area contributed by atoms with Gasteiger partial charge in [-0.15, -0.1) is 11.3 Å². The lowest BCUT2D eigenvalue weighted by Crippen LogP contribution is -2.35. The van der Waals surface area contributed by atoms with Crippen molar-refractivity contribution in [2.75, 3.05) is 7.11 Å². The highest BCUT2D eigenvalue weighted by Crippen LogP contribution is 2.25. The largest absolute Gasteiger partial charge is 0.469 e. The van der Waals surface area contributed by atoms with Gasteiger partial charge in [0.05, 0.1) is 25.6 Å². The molecule has 2 aromatic heterocycles. The van der Waals surface area contributed by atoms with Crippen molar-refractivity contribution in [2.24, 2.45) is 0 Å². The lowest BCUT2D eigenvalue weighted by atomic mass is 10.2. The van der Waals surface area contributed by atoms with Gasteiger partial charge in [0.1, 0.15) is 5.01 Å². The van der Waals surface area contributed by atoms with Crippen LogP contribution >= 0.6 is 22.7 Å². The second-order valence-electron chi connectivity index (χ2n) is 4.58. The molecule has 5 nitrogen and oxygen atoms in total. The van der Waals surface area contributed by atoms with Crippen LogP contribution in [0.5, 0.6) is 0 Å². The Morgan fingerprint density at radius 3 is 2.90 bits per heavy atom. The molecule has 1 atom stereocenters. The number of hydrogen-bond donors (Lipinski definition) is 1. The third-order valence-electron chi connectivity index (χ3n) is 2.77. The molecule has 2 aromatic rings. The summed E-state index contributed by atoms with van der Waals surface area (Å²) < 4.78 is 4.57. The van der Waals surface area contributed by atoms with Crippen LogP contribution in [0, 0.1) is 0 Å². The number of nitrogens with one attached hydrogen (secondary N) is 1. The van der Waals surface area contributed by atoms with Gasteiger partial charge < -0.3 is 10.1 Å². The van der Waals surface area contributed by atoms with Crippen molar-refractivity contribution in [3.05, 3.63) is 27.9 Å². The highest BCUT2D eigenvalue weighted by Gasteiger charge is 2.14. The van der Waals surface area contributed by atoms with Gasteiger partial charge >= 0.3 is 5.97 Å². The smallest absolute Gasteiger partial charge is 0.307 e. The van der Waals surface area contributed by atoms with Crippen LogP contribution in [-0.4, -0.2) is 30.0 Å². The van der Waals surface area contributed by atoms with Crippen LogP contribution in [0.3, 0.4) is 0 Å². The minimum atomic E-state index is -0.337. The number of carbonyl (C=O) groups is 2. The number of thiophene rings is 1. The highest BCUT2D eigenvalue weighted by molar-refractivity contribution is 7.14. The first-order valence-corrected chi connectivity index (χ1v) is 8.24. The lowest BCUT2D eigenvalue weighted by Gasteiger charge is -2.11. The number of aromatic nitrogens is 1. The van der Waals surface area contributed by atoms with Gasteiger partial charge in [-0.2, -0.15) is 11.3 Å². The number of nitrogens with zero attached hydrogens (tertiary/aromatic N) is 1. The van der Waals surface area contributed by atoms with E-state index in [0.717, 1.165) is 16.3 Å². The molecule has 2 rings (SSSR count). The van der Waals surface area contributed by atoms with E-state index in [2.05, 4.69) is 15.0 Å². The predicted molar refractivity (Wildman–Crippen MR) is 83.4 cm³/mol. The van der Waals surface area contributed by atoms with Crippen LogP contribution in [0.4, 0.5) is 0 Å². The van der Waals surface area contributed by atoms with Gasteiger partial charge in [0.25, 0.3) is 0 Å². The summed E-state index contributed by atoms with van der Waals surface area (Å²) in [5.41, 5.74) is 1.82. The van der Waals surface area contributed by atoms with Crippen LogP contribution < -0.4 is 5.32 Å². The summed E-state index contributed by atoms with van der Waals surface area (Å²) in [7, 11) is 1.33. The van der Waals surface area contributed by atoms with Gasteiger partial charge in [-0.3, -0.25) is 9.59 Å². The molecule has 1 amide bonds. The van der Waals surface area contributed by atoms with Gasteiger partial charge in [-0.25, -0.2) is 4.98 Å². The number of thiazole rings is 1. The van der Waals surface area contributed by atoms with Crippen molar-refractivity contribution in [1.29, 1.82) is 0 Å². The topological polar surface area (TPSA) is 68.3 Å². The van der Waals surface area contributed by atoms with E-state index in [9.17, 15) is 9.59 Å². The minimum Gasteiger partial charge on any atom is -0.469 e. The zero-order valence-corrected chi connectivity index (χ0v) is 13.4. The molecule has 0 aliphatic carbocycles. The number of ether oxygens (including phenoxy) is 1. The summed E-state index contributed by atoms with van der Waals surface area (Å²) in [5, 5.41) is 9.60. The Labute approximate surface area is 131 Å².